The molecule has 14 rings (SSSR count). The van der Waals surface area contributed by atoms with Crippen LogP contribution in [-0.2, 0) is 5.41 Å². The molecule has 77 heavy (non-hydrogen) atoms. The topological polar surface area (TPSA) is 13.0 Å². The van der Waals surface area contributed by atoms with Crippen LogP contribution < -0.4 is 19.6 Å². The summed E-state index contributed by atoms with van der Waals surface area (Å²) in [5.41, 5.74) is 22.6. The third-order valence-electron chi connectivity index (χ3n) is 15.8. The van der Waals surface area contributed by atoms with Crippen molar-refractivity contribution in [2.24, 2.45) is 0 Å². The Morgan fingerprint density at radius 2 is 0.481 bits per heavy atom. The van der Waals surface area contributed by atoms with Gasteiger partial charge < -0.3 is 19.6 Å². The van der Waals surface area contributed by atoms with Crippen molar-refractivity contribution in [3.63, 3.8) is 0 Å². The molecule has 4 aliphatic rings. The fraction of sp³-hybridized carbons (Fsp3) is 0.0685. The molecule has 0 unspecified atom stereocenters. The van der Waals surface area contributed by atoms with E-state index in [0.717, 1.165) is 82.6 Å². The molecule has 0 atom stereocenters. The number of para-hydroxylation sites is 6. The Morgan fingerprint density at radius 3 is 0.714 bits per heavy atom. The van der Waals surface area contributed by atoms with Crippen LogP contribution in [0.25, 0.3) is 22.3 Å². The minimum absolute atomic E-state index is 0.788. The second-order valence-electron chi connectivity index (χ2n) is 20.2. The molecule has 0 heterocycles. The number of hydrogen-bond acceptors (Lipinski definition) is 4. The van der Waals surface area contributed by atoms with Gasteiger partial charge in [-0.2, -0.15) is 0 Å². The summed E-state index contributed by atoms with van der Waals surface area (Å²) in [6.45, 7) is 0. The van der Waals surface area contributed by atoms with Crippen LogP contribution >= 0.6 is 0 Å². The van der Waals surface area contributed by atoms with Crippen LogP contribution in [-0.4, -0.2) is 0 Å². The fourth-order valence-corrected chi connectivity index (χ4v) is 12.5. The van der Waals surface area contributed by atoms with E-state index in [2.05, 4.69) is 311 Å². The standard InChI is InChI=1S/C73H56N4/c1-9-25-53(26-10-1)74(54-27-11-2-12-28-54)61-41-45-65-66-46-42-62(75(55-29-13-3-14-30-55)56-31-15-4-16-32-56)50-70(66)73(69(65)49-61)71-51-63(76(57-33-17-5-18-34-57)58-35-19-6-20-36-58)43-47-67(71)68-48-44-64(52-72(68)73)77(59-37-21-7-22-38-59)60-39-23-8-24-40-60/h1-6,9-21,23,25-52H,7-8,22,24H2. The average molecular weight is 989 g/mol. The predicted octanol–water partition coefficient (Wildman–Crippen LogP) is 19.7. The molecule has 10 aromatic rings. The second-order valence-corrected chi connectivity index (χ2v) is 20.2. The summed E-state index contributed by atoms with van der Waals surface area (Å²) in [6.07, 6.45) is 18.2. The van der Waals surface area contributed by atoms with Gasteiger partial charge in [0.2, 0.25) is 0 Å². The third kappa shape index (κ3) is 7.91. The smallest absolute Gasteiger partial charge is 0.0728 e. The first-order chi connectivity index (χ1) is 38.2. The third-order valence-corrected chi connectivity index (χ3v) is 15.8. The minimum Gasteiger partial charge on any atom is -0.311 e. The highest BCUT2D eigenvalue weighted by molar-refractivity contribution is 5.99. The van der Waals surface area contributed by atoms with Gasteiger partial charge in [-0.25, -0.2) is 0 Å². The predicted molar refractivity (Wildman–Crippen MR) is 322 cm³/mol. The van der Waals surface area contributed by atoms with Crippen LogP contribution in [0.4, 0.5) is 56.9 Å². The van der Waals surface area contributed by atoms with Crippen LogP contribution in [0.3, 0.4) is 0 Å². The molecule has 0 aliphatic heterocycles. The molecule has 1 spiro atoms. The van der Waals surface area contributed by atoms with Crippen LogP contribution in [0.15, 0.2) is 303 Å². The summed E-state index contributed by atoms with van der Waals surface area (Å²) < 4.78 is 0. The van der Waals surface area contributed by atoms with E-state index in [4.69, 9.17) is 0 Å². The van der Waals surface area contributed by atoms with Crippen molar-refractivity contribution in [2.75, 3.05) is 19.6 Å². The molecule has 368 valence electrons. The van der Waals surface area contributed by atoms with Crippen molar-refractivity contribution >= 4 is 56.9 Å². The molecular weight excluding hydrogens is 933 g/mol. The van der Waals surface area contributed by atoms with Crippen molar-refractivity contribution in [1.29, 1.82) is 0 Å². The molecule has 4 heteroatoms. The first-order valence-electron chi connectivity index (χ1n) is 27.1. The zero-order valence-electron chi connectivity index (χ0n) is 42.8. The van der Waals surface area contributed by atoms with E-state index in [1.54, 1.807) is 0 Å². The Morgan fingerprint density at radius 1 is 0.234 bits per heavy atom. The zero-order valence-corrected chi connectivity index (χ0v) is 42.8. The Hall–Kier alpha value is -9.64. The van der Waals surface area contributed by atoms with E-state index >= 15 is 0 Å². The van der Waals surface area contributed by atoms with Gasteiger partial charge in [-0.15, -0.1) is 0 Å². The van der Waals surface area contributed by atoms with E-state index in [0.29, 0.717) is 0 Å². The van der Waals surface area contributed by atoms with Crippen LogP contribution in [0.1, 0.15) is 47.9 Å². The number of fused-ring (bicyclic) bond motifs is 10. The Bertz CT molecular complexity index is 3500. The molecule has 0 N–H and O–H groups in total. The molecule has 4 aliphatic carbocycles. The monoisotopic (exact) mass is 988 g/mol. The number of anilines is 10. The lowest BCUT2D eigenvalue weighted by atomic mass is 9.70. The van der Waals surface area contributed by atoms with Crippen molar-refractivity contribution in [1.82, 2.24) is 0 Å². The van der Waals surface area contributed by atoms with Crippen LogP contribution in [0, 0.1) is 0 Å². The summed E-state index contributed by atoms with van der Waals surface area (Å²) >= 11 is 0. The van der Waals surface area contributed by atoms with Gasteiger partial charge in [0.15, 0.2) is 0 Å². The first-order valence-corrected chi connectivity index (χ1v) is 27.1. The number of benzene rings is 10. The van der Waals surface area contributed by atoms with Gasteiger partial charge in [0.1, 0.15) is 0 Å². The highest BCUT2D eigenvalue weighted by atomic mass is 15.2. The molecule has 0 amide bonds. The van der Waals surface area contributed by atoms with Gasteiger partial charge in [-0.1, -0.05) is 158 Å². The molecule has 0 bridgehead atoms. The van der Waals surface area contributed by atoms with Gasteiger partial charge in [-0.05, 0) is 204 Å². The SMILES string of the molecule is C1=CC(N(C2=CCCC=C2)c2ccc3c(c2)C2(c4cc(N(c5ccccc5)c5ccccc5)ccc4-3)c3cc(N(c4ccccc4)c4ccccc4)ccc3-c3ccc(N(c4ccccc4)c4ccccc4)cc32)=CCC1. The van der Waals surface area contributed by atoms with Crippen molar-refractivity contribution in [2.45, 2.75) is 31.1 Å². The van der Waals surface area contributed by atoms with Crippen molar-refractivity contribution < 1.29 is 0 Å². The normalized spacial score (nSPS) is 14.2. The highest BCUT2D eigenvalue weighted by Crippen LogP contribution is 2.65. The van der Waals surface area contributed by atoms with Crippen LogP contribution in [0.2, 0.25) is 0 Å². The summed E-state index contributed by atoms with van der Waals surface area (Å²) in [6, 6.07) is 94.0. The zero-order chi connectivity index (χ0) is 51.1. The van der Waals surface area contributed by atoms with Crippen LogP contribution in [0.5, 0.6) is 0 Å². The molecule has 10 aromatic carbocycles. The quantitative estimate of drug-likeness (QED) is 0.121. The number of rotatable bonds is 12. The molecule has 0 saturated heterocycles. The number of allylic oxidation sites excluding steroid dienone is 6. The molecule has 0 aromatic heterocycles. The van der Waals surface area contributed by atoms with E-state index in [-0.39, 0.29) is 0 Å². The number of nitrogens with zero attached hydrogens (tertiary/aromatic N) is 4. The Labute approximate surface area is 452 Å². The average Bonchev–Trinajstić information content (AvgIpc) is 4.12. The highest BCUT2D eigenvalue weighted by Gasteiger charge is 2.53. The summed E-state index contributed by atoms with van der Waals surface area (Å²) in [4.78, 5) is 9.74. The lowest BCUT2D eigenvalue weighted by Crippen LogP contribution is -2.28. The first kappa shape index (κ1) is 45.9. The summed E-state index contributed by atoms with van der Waals surface area (Å²) in [5, 5.41) is 0. The lowest BCUT2D eigenvalue weighted by Gasteiger charge is -2.35. The van der Waals surface area contributed by atoms with E-state index in [1.807, 2.05) is 0 Å². The maximum absolute atomic E-state index is 2.55. The molecule has 0 radical (unpaired) electrons. The van der Waals surface area contributed by atoms with Gasteiger partial charge in [0.05, 0.1) is 5.41 Å². The van der Waals surface area contributed by atoms with Gasteiger partial charge in [-0.3, -0.25) is 0 Å². The lowest BCUT2D eigenvalue weighted by molar-refractivity contribution is 0.793. The Kier molecular flexibility index (Phi) is 11.7. The maximum Gasteiger partial charge on any atom is 0.0728 e. The maximum atomic E-state index is 2.55. The molecule has 4 nitrogen and oxygen atoms in total. The molecule has 0 saturated carbocycles. The van der Waals surface area contributed by atoms with Gasteiger partial charge in [0.25, 0.3) is 0 Å². The molecule has 0 fully saturated rings. The summed E-state index contributed by atoms with van der Waals surface area (Å²) in [5.74, 6) is 0. The van der Waals surface area contributed by atoms with E-state index in [9.17, 15) is 0 Å². The largest absolute Gasteiger partial charge is 0.311 e. The van der Waals surface area contributed by atoms with Crippen molar-refractivity contribution in [3.8, 4) is 22.3 Å². The van der Waals surface area contributed by atoms with E-state index < -0.39 is 5.41 Å². The second kappa shape index (κ2) is 19.6. The number of hydrogen-bond donors (Lipinski definition) is 0. The van der Waals surface area contributed by atoms with Gasteiger partial charge in [0, 0.05) is 68.3 Å². The van der Waals surface area contributed by atoms with E-state index in [1.165, 1.54) is 55.9 Å². The fourth-order valence-electron chi connectivity index (χ4n) is 12.5. The van der Waals surface area contributed by atoms with Gasteiger partial charge >= 0.3 is 0 Å². The summed E-state index contributed by atoms with van der Waals surface area (Å²) in [7, 11) is 0. The minimum atomic E-state index is -0.788. The van der Waals surface area contributed by atoms with Crippen molar-refractivity contribution in [3.05, 3.63) is 325 Å². The molecular formula is C73H56N4. The Balaban J connectivity index is 1.09.